The Hall–Kier alpha value is -2.80. The van der Waals surface area contributed by atoms with Crippen molar-refractivity contribution >= 4 is 34.7 Å². The Morgan fingerprint density at radius 1 is 1.00 bits per heavy atom. The first kappa shape index (κ1) is 27.8. The molecule has 2 aromatic heterocycles. The predicted octanol–water partition coefficient (Wildman–Crippen LogP) is 7.53. The number of ether oxygens (including phenoxy) is 2. The van der Waals surface area contributed by atoms with Gasteiger partial charge in [-0.3, -0.25) is 9.78 Å². The predicted molar refractivity (Wildman–Crippen MR) is 147 cm³/mol. The second kappa shape index (κ2) is 9.92. The van der Waals surface area contributed by atoms with E-state index < -0.39 is 16.4 Å². The summed E-state index contributed by atoms with van der Waals surface area (Å²) < 4.78 is 11.9. The zero-order valence-electron chi connectivity index (χ0n) is 23.1. The summed E-state index contributed by atoms with van der Waals surface area (Å²) >= 11 is 1.45. The molecule has 7 heteroatoms. The third-order valence-electron chi connectivity index (χ3n) is 5.69. The number of aromatic nitrogens is 2. The molecule has 0 saturated carbocycles. The maximum absolute atomic E-state index is 13.4. The van der Waals surface area contributed by atoms with Crippen LogP contribution in [0.25, 0.3) is 22.3 Å². The molecule has 3 rings (SSSR count). The van der Waals surface area contributed by atoms with Crippen LogP contribution in [0.5, 0.6) is 0 Å². The normalized spacial score (nSPS) is 12.6. The number of hydrogen-bond donors (Lipinski definition) is 0. The molecule has 0 aliphatic carbocycles. The summed E-state index contributed by atoms with van der Waals surface area (Å²) in [5.74, 6) is -0.260. The Labute approximate surface area is 218 Å². The van der Waals surface area contributed by atoms with Crippen LogP contribution in [0, 0.1) is 6.92 Å². The number of carbonyl (C=O) groups is 2. The monoisotopic (exact) mass is 510 g/mol. The lowest BCUT2D eigenvalue weighted by atomic mass is 9.87. The highest BCUT2D eigenvalue weighted by atomic mass is 32.2. The Morgan fingerprint density at radius 3 is 2.25 bits per heavy atom. The van der Waals surface area contributed by atoms with Gasteiger partial charge in [0.2, 0.25) is 0 Å². The fraction of sp³-hybridized carbons (Fsp3) is 0.483. The van der Waals surface area contributed by atoms with E-state index in [4.69, 9.17) is 9.47 Å². The van der Waals surface area contributed by atoms with Crippen LogP contribution < -0.4 is 0 Å². The molecule has 6 nitrogen and oxygen atoms in total. The topological polar surface area (TPSA) is 70.4 Å². The van der Waals surface area contributed by atoms with Crippen LogP contribution in [-0.4, -0.2) is 38.6 Å². The maximum Gasteiger partial charge on any atom is 0.419 e. The van der Waals surface area contributed by atoms with Gasteiger partial charge in [-0.05, 0) is 95.3 Å². The van der Waals surface area contributed by atoms with Crippen molar-refractivity contribution in [3.05, 3.63) is 47.7 Å². The Morgan fingerprint density at radius 2 is 1.67 bits per heavy atom. The number of nitrogens with zero attached hydrogens (tertiary/aromatic N) is 2. The molecule has 0 fully saturated rings. The molecule has 1 aromatic carbocycles. The molecular formula is C29H38N2O4S. The summed E-state index contributed by atoms with van der Waals surface area (Å²) in [6, 6.07) is 9.99. The highest BCUT2D eigenvalue weighted by molar-refractivity contribution is 8.01. The van der Waals surface area contributed by atoms with Crippen molar-refractivity contribution in [3.8, 4) is 11.4 Å². The van der Waals surface area contributed by atoms with Crippen molar-refractivity contribution < 1.29 is 19.1 Å². The first-order valence-corrected chi connectivity index (χ1v) is 13.1. The van der Waals surface area contributed by atoms with Gasteiger partial charge >= 0.3 is 12.1 Å². The second-order valence-corrected chi connectivity index (χ2v) is 13.2. The highest BCUT2D eigenvalue weighted by Gasteiger charge is 2.32. The summed E-state index contributed by atoms with van der Waals surface area (Å²) in [6.45, 7) is 19.8. The van der Waals surface area contributed by atoms with E-state index in [1.165, 1.54) is 11.8 Å². The molecule has 0 N–H and O–H groups in total. The van der Waals surface area contributed by atoms with Crippen LogP contribution in [0.15, 0.2) is 41.4 Å². The lowest BCUT2D eigenvalue weighted by molar-refractivity contribution is -0.145. The van der Waals surface area contributed by atoms with Crippen LogP contribution in [0.1, 0.15) is 73.4 Å². The van der Waals surface area contributed by atoms with E-state index >= 15 is 0 Å². The molecular weight excluding hydrogens is 472 g/mol. The number of thioether (sulfide) groups is 1. The van der Waals surface area contributed by atoms with E-state index in [2.05, 4.69) is 25.8 Å². The van der Waals surface area contributed by atoms with E-state index in [1.807, 2.05) is 71.9 Å². The second-order valence-electron chi connectivity index (χ2n) is 11.5. The smallest absolute Gasteiger partial charge is 0.419 e. The Balaban J connectivity index is 2.21. The number of pyridine rings is 1. The molecule has 194 valence electrons. The molecule has 0 spiro atoms. The molecule has 36 heavy (non-hydrogen) atoms. The number of benzene rings is 1. The fourth-order valence-corrected chi connectivity index (χ4v) is 4.90. The lowest BCUT2D eigenvalue weighted by Crippen LogP contribution is -2.30. The standard InChI is InChI=1S/C29H38N2O4S/c1-11-34-25(32)29(9,10)36-24-16-19-15-23(21-17-20(12-13-30-21)27(3,4)5)31(22(19)14-18(24)2)26(33)35-28(6,7)8/h12-17H,11H2,1-10H3. The molecule has 2 heterocycles. The van der Waals surface area contributed by atoms with E-state index in [0.29, 0.717) is 18.0 Å². The van der Waals surface area contributed by atoms with Gasteiger partial charge in [0.1, 0.15) is 10.3 Å². The van der Waals surface area contributed by atoms with Gasteiger partial charge in [0.25, 0.3) is 0 Å². The minimum absolute atomic E-state index is 0.0699. The van der Waals surface area contributed by atoms with Gasteiger partial charge in [-0.2, -0.15) is 0 Å². The van der Waals surface area contributed by atoms with Gasteiger partial charge in [-0.15, -0.1) is 11.8 Å². The van der Waals surface area contributed by atoms with Crippen molar-refractivity contribution in [2.45, 2.75) is 89.9 Å². The van der Waals surface area contributed by atoms with Gasteiger partial charge in [0.15, 0.2) is 0 Å². The van der Waals surface area contributed by atoms with Gasteiger partial charge in [-0.1, -0.05) is 20.8 Å². The summed E-state index contributed by atoms with van der Waals surface area (Å²) in [7, 11) is 0. The van der Waals surface area contributed by atoms with Crippen LogP contribution >= 0.6 is 11.8 Å². The summed E-state index contributed by atoms with van der Waals surface area (Å²) in [5, 5.41) is 0.867. The van der Waals surface area contributed by atoms with Crippen molar-refractivity contribution in [1.29, 1.82) is 0 Å². The zero-order valence-corrected chi connectivity index (χ0v) is 23.9. The largest absolute Gasteiger partial charge is 0.465 e. The van der Waals surface area contributed by atoms with Crippen LogP contribution in [0.2, 0.25) is 0 Å². The van der Waals surface area contributed by atoms with Crippen molar-refractivity contribution in [1.82, 2.24) is 9.55 Å². The quantitative estimate of drug-likeness (QED) is 0.261. The molecule has 0 amide bonds. The van der Waals surface area contributed by atoms with Crippen LogP contribution in [0.3, 0.4) is 0 Å². The molecule has 0 atom stereocenters. The average Bonchev–Trinajstić information content (AvgIpc) is 3.10. The first-order chi connectivity index (χ1) is 16.5. The molecule has 0 saturated heterocycles. The molecule has 0 unspecified atom stereocenters. The van der Waals surface area contributed by atoms with E-state index in [9.17, 15) is 9.59 Å². The number of esters is 1. The number of hydrogen-bond acceptors (Lipinski definition) is 6. The number of aryl methyl sites for hydroxylation is 1. The van der Waals surface area contributed by atoms with Crippen LogP contribution in [0.4, 0.5) is 4.79 Å². The summed E-state index contributed by atoms with van der Waals surface area (Å²) in [5.41, 5.74) is 3.45. The first-order valence-electron chi connectivity index (χ1n) is 12.3. The third-order valence-corrected chi connectivity index (χ3v) is 7.03. The fourth-order valence-electron chi connectivity index (χ4n) is 3.80. The maximum atomic E-state index is 13.4. The van der Waals surface area contributed by atoms with Crippen molar-refractivity contribution in [2.75, 3.05) is 6.61 Å². The average molecular weight is 511 g/mol. The minimum atomic E-state index is -0.756. The molecule has 3 aromatic rings. The van der Waals surface area contributed by atoms with Crippen LogP contribution in [-0.2, 0) is 19.7 Å². The Kier molecular flexibility index (Phi) is 7.66. The molecule has 0 aliphatic rings. The molecule has 0 aliphatic heterocycles. The number of fused-ring (bicyclic) bond motifs is 1. The van der Waals surface area contributed by atoms with Gasteiger partial charge in [0, 0.05) is 16.5 Å². The summed E-state index contributed by atoms with van der Waals surface area (Å²) in [4.78, 5) is 31.5. The molecule has 0 bridgehead atoms. The van der Waals surface area contributed by atoms with E-state index in [0.717, 1.165) is 26.9 Å². The zero-order chi connectivity index (χ0) is 27.1. The van der Waals surface area contributed by atoms with E-state index in [1.54, 1.807) is 17.7 Å². The third kappa shape index (κ3) is 6.12. The SMILES string of the molecule is CCOC(=O)C(C)(C)Sc1cc2cc(-c3cc(C(C)(C)C)ccn3)n(C(=O)OC(C)(C)C)c2cc1C. The highest BCUT2D eigenvalue weighted by Crippen LogP contribution is 2.39. The molecule has 0 radical (unpaired) electrons. The van der Waals surface area contributed by atoms with Gasteiger partial charge in [-0.25, -0.2) is 9.36 Å². The van der Waals surface area contributed by atoms with E-state index in [-0.39, 0.29) is 11.4 Å². The van der Waals surface area contributed by atoms with Crippen molar-refractivity contribution in [3.63, 3.8) is 0 Å². The summed E-state index contributed by atoms with van der Waals surface area (Å²) in [6.07, 6.45) is 1.32. The Bertz CT molecular complexity index is 1290. The van der Waals surface area contributed by atoms with Gasteiger partial charge in [0.05, 0.1) is 23.5 Å². The van der Waals surface area contributed by atoms with Crippen molar-refractivity contribution in [2.24, 2.45) is 0 Å². The van der Waals surface area contributed by atoms with Gasteiger partial charge < -0.3 is 9.47 Å². The lowest BCUT2D eigenvalue weighted by Gasteiger charge is -2.23. The number of carbonyl (C=O) groups excluding carboxylic acids is 2. The minimum Gasteiger partial charge on any atom is -0.465 e. The number of rotatable bonds is 5.